The van der Waals surface area contributed by atoms with Crippen LogP contribution in [0.15, 0.2) is 0 Å². The van der Waals surface area contributed by atoms with E-state index in [4.69, 9.17) is 5.11 Å². The molecule has 2 N–H and O–H groups in total. The first-order valence-corrected chi connectivity index (χ1v) is 6.89. The molecule has 18 heavy (non-hydrogen) atoms. The van der Waals surface area contributed by atoms with Crippen LogP contribution in [0.2, 0.25) is 0 Å². The van der Waals surface area contributed by atoms with E-state index in [0.29, 0.717) is 12.6 Å². The zero-order valence-electron chi connectivity index (χ0n) is 10.7. The van der Waals surface area contributed by atoms with E-state index < -0.39 is 5.97 Å². The molecule has 1 amide bonds. The molecule has 1 saturated heterocycles. The number of likely N-dealkylation sites (tertiary alicyclic amines) is 1. The van der Waals surface area contributed by atoms with Gasteiger partial charge in [-0.2, -0.15) is 0 Å². The second-order valence-electron chi connectivity index (χ2n) is 5.46. The Balaban J connectivity index is 1.79. The number of hydrogen-bond acceptors (Lipinski definition) is 3. The van der Waals surface area contributed by atoms with Gasteiger partial charge in [-0.05, 0) is 32.2 Å². The number of aliphatic carboxylic acids is 1. The first-order chi connectivity index (χ1) is 8.65. The normalized spacial score (nSPS) is 26.1. The topological polar surface area (TPSA) is 69.6 Å². The van der Waals surface area contributed by atoms with Crippen LogP contribution in [-0.2, 0) is 9.59 Å². The molecular formula is C13H22N2O3. The van der Waals surface area contributed by atoms with Gasteiger partial charge in [0.15, 0.2) is 0 Å². The number of nitrogens with zero attached hydrogens (tertiary/aromatic N) is 1. The number of carboxylic acids is 1. The highest BCUT2D eigenvalue weighted by atomic mass is 16.4. The van der Waals surface area contributed by atoms with E-state index in [0.717, 1.165) is 32.2 Å². The third kappa shape index (κ3) is 3.70. The first kappa shape index (κ1) is 13.3. The minimum absolute atomic E-state index is 0.0290. The standard InChI is InChI=1S/C13H22N2O3/c16-12(17)9-15-7-3-4-10(8-15)13(18)14-11-5-1-2-6-11/h10-11H,1-9H2,(H,14,18)(H,16,17). The van der Waals surface area contributed by atoms with Crippen molar-refractivity contribution in [2.75, 3.05) is 19.6 Å². The van der Waals surface area contributed by atoms with Gasteiger partial charge in [0.25, 0.3) is 0 Å². The summed E-state index contributed by atoms with van der Waals surface area (Å²) in [6.07, 6.45) is 6.40. The zero-order valence-corrected chi connectivity index (χ0v) is 10.7. The summed E-state index contributed by atoms with van der Waals surface area (Å²) < 4.78 is 0. The molecular weight excluding hydrogens is 232 g/mol. The first-order valence-electron chi connectivity index (χ1n) is 6.89. The van der Waals surface area contributed by atoms with Crippen molar-refractivity contribution in [1.82, 2.24) is 10.2 Å². The van der Waals surface area contributed by atoms with Crippen molar-refractivity contribution in [3.8, 4) is 0 Å². The van der Waals surface area contributed by atoms with Gasteiger partial charge in [0.05, 0.1) is 12.5 Å². The minimum atomic E-state index is -0.813. The van der Waals surface area contributed by atoms with E-state index in [1.54, 1.807) is 0 Å². The molecule has 0 bridgehead atoms. The fourth-order valence-electron chi connectivity index (χ4n) is 2.99. The van der Waals surface area contributed by atoms with E-state index in [-0.39, 0.29) is 18.4 Å². The average molecular weight is 254 g/mol. The Labute approximate surface area is 108 Å². The molecule has 1 heterocycles. The molecule has 0 spiro atoms. The molecule has 1 aliphatic heterocycles. The van der Waals surface area contributed by atoms with Crippen LogP contribution < -0.4 is 5.32 Å². The molecule has 5 heteroatoms. The van der Waals surface area contributed by atoms with Crippen molar-refractivity contribution in [1.29, 1.82) is 0 Å². The summed E-state index contributed by atoms with van der Waals surface area (Å²) in [5, 5.41) is 11.9. The second kappa shape index (κ2) is 6.18. The largest absolute Gasteiger partial charge is 0.480 e. The van der Waals surface area contributed by atoms with Gasteiger partial charge in [0.1, 0.15) is 0 Å². The van der Waals surface area contributed by atoms with Gasteiger partial charge in [-0.25, -0.2) is 0 Å². The maximum Gasteiger partial charge on any atom is 0.317 e. The molecule has 0 aromatic rings. The fourth-order valence-corrected chi connectivity index (χ4v) is 2.99. The minimum Gasteiger partial charge on any atom is -0.480 e. The van der Waals surface area contributed by atoms with Crippen molar-refractivity contribution < 1.29 is 14.7 Å². The van der Waals surface area contributed by atoms with Crippen molar-refractivity contribution in [2.45, 2.75) is 44.6 Å². The summed E-state index contributed by atoms with van der Waals surface area (Å²) in [5.74, 6) is -0.720. The Morgan fingerprint density at radius 3 is 2.56 bits per heavy atom. The summed E-state index contributed by atoms with van der Waals surface area (Å²) in [6, 6.07) is 0.354. The van der Waals surface area contributed by atoms with Crippen molar-refractivity contribution in [2.24, 2.45) is 5.92 Å². The Hall–Kier alpha value is -1.10. The second-order valence-corrected chi connectivity index (χ2v) is 5.46. The van der Waals surface area contributed by atoms with E-state index >= 15 is 0 Å². The summed E-state index contributed by atoms with van der Waals surface area (Å²) in [4.78, 5) is 24.6. The number of carbonyl (C=O) groups excluding carboxylic acids is 1. The highest BCUT2D eigenvalue weighted by molar-refractivity contribution is 5.79. The highest BCUT2D eigenvalue weighted by Crippen LogP contribution is 2.20. The molecule has 2 aliphatic rings. The molecule has 2 rings (SSSR count). The maximum absolute atomic E-state index is 12.1. The lowest BCUT2D eigenvalue weighted by Crippen LogP contribution is -2.46. The maximum atomic E-state index is 12.1. The van der Waals surface area contributed by atoms with Gasteiger partial charge >= 0.3 is 5.97 Å². The lowest BCUT2D eigenvalue weighted by atomic mass is 9.96. The van der Waals surface area contributed by atoms with Gasteiger partial charge in [-0.3, -0.25) is 14.5 Å². The number of piperidine rings is 1. The van der Waals surface area contributed by atoms with Gasteiger partial charge in [-0.15, -0.1) is 0 Å². The molecule has 5 nitrogen and oxygen atoms in total. The summed E-state index contributed by atoms with van der Waals surface area (Å²) in [5.41, 5.74) is 0. The number of carbonyl (C=O) groups is 2. The molecule has 1 atom stereocenters. The summed E-state index contributed by atoms with van der Waals surface area (Å²) in [6.45, 7) is 1.43. The fraction of sp³-hybridized carbons (Fsp3) is 0.846. The number of hydrogen-bond donors (Lipinski definition) is 2. The molecule has 1 aliphatic carbocycles. The van der Waals surface area contributed by atoms with Crippen LogP contribution in [0.3, 0.4) is 0 Å². The van der Waals surface area contributed by atoms with Crippen molar-refractivity contribution in [3.05, 3.63) is 0 Å². The van der Waals surface area contributed by atoms with Crippen LogP contribution in [0.25, 0.3) is 0 Å². The molecule has 0 aromatic carbocycles. The van der Waals surface area contributed by atoms with Gasteiger partial charge in [-0.1, -0.05) is 12.8 Å². The third-order valence-electron chi connectivity index (χ3n) is 3.94. The molecule has 2 fully saturated rings. The highest BCUT2D eigenvalue weighted by Gasteiger charge is 2.28. The monoisotopic (exact) mass is 254 g/mol. The van der Waals surface area contributed by atoms with Crippen LogP contribution in [0.5, 0.6) is 0 Å². The number of carboxylic acid groups (broad SMARTS) is 1. The molecule has 1 saturated carbocycles. The van der Waals surface area contributed by atoms with Gasteiger partial charge in [0.2, 0.25) is 5.91 Å². The SMILES string of the molecule is O=C(O)CN1CCCC(C(=O)NC2CCCC2)C1. The Kier molecular flexibility index (Phi) is 4.58. The Bertz CT molecular complexity index is 313. The predicted octanol–water partition coefficient (Wildman–Crippen LogP) is 0.842. The predicted molar refractivity (Wildman–Crippen MR) is 67.2 cm³/mol. The number of rotatable bonds is 4. The summed E-state index contributed by atoms with van der Waals surface area (Å²) in [7, 11) is 0. The van der Waals surface area contributed by atoms with E-state index in [2.05, 4.69) is 5.32 Å². The molecule has 1 unspecified atom stereocenters. The lowest BCUT2D eigenvalue weighted by molar-refractivity contribution is -0.140. The Morgan fingerprint density at radius 1 is 1.17 bits per heavy atom. The zero-order chi connectivity index (χ0) is 13.0. The number of amides is 1. The average Bonchev–Trinajstić information content (AvgIpc) is 2.81. The van der Waals surface area contributed by atoms with Gasteiger partial charge < -0.3 is 10.4 Å². The van der Waals surface area contributed by atoms with E-state index in [1.807, 2.05) is 4.90 Å². The molecule has 0 radical (unpaired) electrons. The molecule has 102 valence electrons. The summed E-state index contributed by atoms with van der Waals surface area (Å²) >= 11 is 0. The third-order valence-corrected chi connectivity index (χ3v) is 3.94. The van der Waals surface area contributed by atoms with Crippen LogP contribution >= 0.6 is 0 Å². The van der Waals surface area contributed by atoms with E-state index in [9.17, 15) is 9.59 Å². The molecule has 0 aromatic heterocycles. The van der Waals surface area contributed by atoms with Crippen LogP contribution in [0.4, 0.5) is 0 Å². The van der Waals surface area contributed by atoms with Crippen LogP contribution in [0.1, 0.15) is 38.5 Å². The van der Waals surface area contributed by atoms with Crippen LogP contribution in [0, 0.1) is 5.92 Å². The van der Waals surface area contributed by atoms with Gasteiger partial charge in [0, 0.05) is 12.6 Å². The lowest BCUT2D eigenvalue weighted by Gasteiger charge is -2.31. The van der Waals surface area contributed by atoms with Crippen molar-refractivity contribution >= 4 is 11.9 Å². The van der Waals surface area contributed by atoms with E-state index in [1.165, 1.54) is 12.8 Å². The smallest absolute Gasteiger partial charge is 0.317 e. The Morgan fingerprint density at radius 2 is 1.89 bits per heavy atom. The van der Waals surface area contributed by atoms with Crippen LogP contribution in [-0.4, -0.2) is 47.6 Å². The quantitative estimate of drug-likeness (QED) is 0.780. The van der Waals surface area contributed by atoms with Crippen molar-refractivity contribution in [3.63, 3.8) is 0 Å². The number of nitrogens with one attached hydrogen (secondary N) is 1.